The maximum atomic E-state index is 13.0. The summed E-state index contributed by atoms with van der Waals surface area (Å²) in [5.41, 5.74) is 0.400. The number of aromatic amines is 1. The van der Waals surface area contributed by atoms with Gasteiger partial charge in [-0.1, -0.05) is 0 Å². The highest BCUT2D eigenvalue weighted by atomic mass is 19.4. The van der Waals surface area contributed by atoms with E-state index in [0.29, 0.717) is 38.8 Å². The second-order valence-corrected chi connectivity index (χ2v) is 9.87. The molecule has 1 amide bonds. The number of aromatic nitrogens is 7. The molecule has 4 aromatic heterocycles. The van der Waals surface area contributed by atoms with E-state index in [9.17, 15) is 23.2 Å². The van der Waals surface area contributed by atoms with Gasteiger partial charge in [0, 0.05) is 55.6 Å². The fourth-order valence-electron chi connectivity index (χ4n) is 5.50. The quantitative estimate of drug-likeness (QED) is 0.412. The van der Waals surface area contributed by atoms with Gasteiger partial charge < -0.3 is 9.88 Å². The number of H-pyrrole nitrogens is 1. The molecule has 1 aliphatic heterocycles. The molecule has 0 bridgehead atoms. The number of nitrogens with zero attached hydrogens (tertiary/aromatic N) is 9. The van der Waals surface area contributed by atoms with Crippen molar-refractivity contribution in [2.75, 3.05) is 26.2 Å². The van der Waals surface area contributed by atoms with Gasteiger partial charge in [-0.3, -0.25) is 19.4 Å². The second-order valence-electron chi connectivity index (χ2n) is 9.87. The van der Waals surface area contributed by atoms with Crippen LogP contribution in [0, 0.1) is 11.3 Å². The number of alkyl halides is 3. The molecule has 2 aliphatic rings. The van der Waals surface area contributed by atoms with Crippen LogP contribution in [0.3, 0.4) is 0 Å². The van der Waals surface area contributed by atoms with Crippen molar-refractivity contribution in [3.05, 3.63) is 54.8 Å². The smallest absolute Gasteiger partial charge is 0.346 e. The Bertz CT molecular complexity index is 1560. The third-order valence-electron chi connectivity index (χ3n) is 7.60. The predicted molar refractivity (Wildman–Crippen MR) is 131 cm³/mol. The molecular formula is C25H23F3N10O. The summed E-state index contributed by atoms with van der Waals surface area (Å²) in [6.45, 7) is 1.87. The normalized spacial score (nSPS) is 22.0. The summed E-state index contributed by atoms with van der Waals surface area (Å²) in [5.74, 6) is -0.564. The standard InChI is InChI=1S/C25H23F3N10O/c26-25(27,28)20-13-30-12-19(35-20)23(39)37-7-5-36(6-8-37)17-9-24(10-17,2-3-29)38-14-16(11-34-38)21-18-1-4-31-22(18)33-15-32-21/h1,4,11-15,17H,2,5-10H2,(H,31,32,33)/t17-,24+. The van der Waals surface area contributed by atoms with Gasteiger partial charge in [-0.2, -0.15) is 23.5 Å². The average Bonchev–Trinajstić information content (AvgIpc) is 3.60. The van der Waals surface area contributed by atoms with Gasteiger partial charge in [0.25, 0.3) is 5.91 Å². The van der Waals surface area contributed by atoms with E-state index in [2.05, 4.69) is 41.0 Å². The minimum Gasteiger partial charge on any atom is -0.346 e. The Hall–Kier alpha value is -4.38. The van der Waals surface area contributed by atoms with Gasteiger partial charge >= 0.3 is 6.18 Å². The molecule has 1 aliphatic carbocycles. The lowest BCUT2D eigenvalue weighted by Crippen LogP contribution is -2.60. The van der Waals surface area contributed by atoms with Gasteiger partial charge in [0.05, 0.1) is 42.3 Å². The molecule has 4 aromatic rings. The first-order chi connectivity index (χ1) is 18.8. The van der Waals surface area contributed by atoms with Gasteiger partial charge in [0.2, 0.25) is 0 Å². The van der Waals surface area contributed by atoms with E-state index >= 15 is 0 Å². The molecule has 2 fully saturated rings. The highest BCUT2D eigenvalue weighted by Crippen LogP contribution is 2.45. The van der Waals surface area contributed by atoms with Gasteiger partial charge in [-0.05, 0) is 18.9 Å². The van der Waals surface area contributed by atoms with Crippen molar-refractivity contribution in [1.82, 2.24) is 44.5 Å². The summed E-state index contributed by atoms with van der Waals surface area (Å²) in [7, 11) is 0. The number of nitriles is 1. The van der Waals surface area contributed by atoms with Gasteiger partial charge in [0.1, 0.15) is 17.7 Å². The van der Waals surface area contributed by atoms with Gasteiger partial charge in [-0.15, -0.1) is 0 Å². The summed E-state index contributed by atoms with van der Waals surface area (Å²) in [5, 5.41) is 15.1. The number of hydrogen-bond donors (Lipinski definition) is 1. The number of fused-ring (bicyclic) bond motifs is 1. The van der Waals surface area contributed by atoms with Crippen LogP contribution in [0.2, 0.25) is 0 Å². The third kappa shape index (κ3) is 4.48. The molecular weight excluding hydrogens is 513 g/mol. The molecule has 1 saturated heterocycles. The van der Waals surface area contributed by atoms with E-state index in [0.717, 1.165) is 41.3 Å². The summed E-state index contributed by atoms with van der Waals surface area (Å²) in [4.78, 5) is 35.3. The first-order valence-corrected chi connectivity index (χ1v) is 12.4. The van der Waals surface area contributed by atoms with E-state index in [1.807, 2.05) is 16.9 Å². The fourth-order valence-corrected chi connectivity index (χ4v) is 5.50. The van der Waals surface area contributed by atoms with Crippen LogP contribution in [-0.2, 0) is 11.7 Å². The first-order valence-electron chi connectivity index (χ1n) is 12.4. The van der Waals surface area contributed by atoms with Crippen LogP contribution < -0.4 is 0 Å². The molecule has 0 aromatic carbocycles. The number of nitrogens with one attached hydrogen (secondary N) is 1. The van der Waals surface area contributed by atoms with Crippen molar-refractivity contribution >= 4 is 16.9 Å². The number of rotatable bonds is 5. The maximum Gasteiger partial charge on any atom is 0.434 e. The molecule has 0 atom stereocenters. The molecule has 0 radical (unpaired) electrons. The molecule has 0 spiro atoms. The lowest BCUT2D eigenvalue weighted by Gasteiger charge is -2.52. The third-order valence-corrected chi connectivity index (χ3v) is 7.60. The minimum atomic E-state index is -4.67. The molecule has 200 valence electrons. The molecule has 6 rings (SSSR count). The van der Waals surface area contributed by atoms with Crippen molar-refractivity contribution in [2.24, 2.45) is 0 Å². The van der Waals surface area contributed by atoms with Crippen molar-refractivity contribution in [3.8, 4) is 17.3 Å². The Kier molecular flexibility index (Phi) is 6.02. The molecule has 5 heterocycles. The summed E-state index contributed by atoms with van der Waals surface area (Å²) >= 11 is 0. The zero-order valence-electron chi connectivity index (χ0n) is 20.6. The maximum absolute atomic E-state index is 13.0. The van der Waals surface area contributed by atoms with Crippen LogP contribution in [-0.4, -0.2) is 82.6 Å². The molecule has 14 heteroatoms. The number of hydrogen-bond acceptors (Lipinski definition) is 8. The molecule has 1 saturated carbocycles. The van der Waals surface area contributed by atoms with Crippen LogP contribution in [0.25, 0.3) is 22.3 Å². The molecule has 39 heavy (non-hydrogen) atoms. The number of amides is 1. The van der Waals surface area contributed by atoms with Gasteiger partial charge in [0.15, 0.2) is 5.69 Å². The monoisotopic (exact) mass is 536 g/mol. The van der Waals surface area contributed by atoms with Crippen molar-refractivity contribution in [3.63, 3.8) is 0 Å². The Morgan fingerprint density at radius 1 is 1.15 bits per heavy atom. The average molecular weight is 537 g/mol. The Balaban J connectivity index is 1.11. The lowest BCUT2D eigenvalue weighted by molar-refractivity contribution is -0.141. The van der Waals surface area contributed by atoms with E-state index in [-0.39, 0.29) is 11.7 Å². The number of halogens is 3. The van der Waals surface area contributed by atoms with Crippen LogP contribution >= 0.6 is 0 Å². The second kappa shape index (κ2) is 9.42. The summed E-state index contributed by atoms with van der Waals surface area (Å²) in [6.07, 6.45) is 5.73. The van der Waals surface area contributed by atoms with Crippen LogP contribution in [0.1, 0.15) is 35.4 Å². The van der Waals surface area contributed by atoms with E-state index in [1.54, 1.807) is 12.4 Å². The topological polar surface area (TPSA) is 133 Å². The minimum absolute atomic E-state index is 0.201. The van der Waals surface area contributed by atoms with Crippen molar-refractivity contribution in [1.29, 1.82) is 5.26 Å². The van der Waals surface area contributed by atoms with E-state index in [1.165, 1.54) is 11.2 Å². The van der Waals surface area contributed by atoms with Crippen molar-refractivity contribution < 1.29 is 18.0 Å². The van der Waals surface area contributed by atoms with Crippen LogP contribution in [0.15, 0.2) is 43.4 Å². The first kappa shape index (κ1) is 24.9. The van der Waals surface area contributed by atoms with Gasteiger partial charge in [-0.25, -0.2) is 15.0 Å². The fraction of sp³-hybridized carbons (Fsp3) is 0.400. The SMILES string of the molecule is N#CC[C@]1(n2cc(-c3ncnc4[nH]ccc34)cn2)C[C@@H](N2CCN(C(=O)c3cncc(C(F)(F)F)n3)CC2)C1. The van der Waals surface area contributed by atoms with Crippen LogP contribution in [0.5, 0.6) is 0 Å². The summed E-state index contributed by atoms with van der Waals surface area (Å²) < 4.78 is 40.8. The predicted octanol–water partition coefficient (Wildman–Crippen LogP) is 2.86. The highest BCUT2D eigenvalue weighted by molar-refractivity contribution is 5.92. The summed E-state index contributed by atoms with van der Waals surface area (Å²) in [6, 6.07) is 4.42. The lowest BCUT2D eigenvalue weighted by atomic mass is 9.70. The molecule has 11 nitrogen and oxygen atoms in total. The zero-order valence-corrected chi connectivity index (χ0v) is 20.6. The van der Waals surface area contributed by atoms with E-state index < -0.39 is 23.3 Å². The number of piperazine rings is 1. The zero-order chi connectivity index (χ0) is 27.2. The van der Waals surface area contributed by atoms with Crippen molar-refractivity contribution in [2.45, 2.75) is 37.0 Å². The Morgan fingerprint density at radius 3 is 2.69 bits per heavy atom. The molecule has 0 unspecified atom stereocenters. The molecule has 1 N–H and O–H groups in total. The number of carbonyl (C=O) groups excluding carboxylic acids is 1. The largest absolute Gasteiger partial charge is 0.434 e. The Labute approximate surface area is 220 Å². The Morgan fingerprint density at radius 2 is 1.95 bits per heavy atom. The van der Waals surface area contributed by atoms with E-state index in [4.69, 9.17) is 0 Å². The number of carbonyl (C=O) groups is 1. The highest BCUT2D eigenvalue weighted by Gasteiger charge is 2.49. The van der Waals surface area contributed by atoms with Crippen LogP contribution in [0.4, 0.5) is 13.2 Å².